The van der Waals surface area contributed by atoms with E-state index in [1.165, 1.54) is 0 Å². The van der Waals surface area contributed by atoms with E-state index in [0.717, 1.165) is 235 Å². The number of rotatable bonds is 24. The monoisotopic (exact) mass is 1370 g/mol. The molecule has 8 aromatic rings. The van der Waals surface area contributed by atoms with Gasteiger partial charge in [-0.25, -0.2) is 0 Å². The molecule has 10 nitrogen and oxygen atoms in total. The van der Waals surface area contributed by atoms with Gasteiger partial charge in [-0.3, -0.25) is 0 Å². The van der Waals surface area contributed by atoms with Crippen molar-refractivity contribution in [3.63, 3.8) is 0 Å². The van der Waals surface area contributed by atoms with Gasteiger partial charge in [-0.15, -0.1) is 0 Å². The summed E-state index contributed by atoms with van der Waals surface area (Å²) in [5.41, 5.74) is 10.3. The van der Waals surface area contributed by atoms with Crippen LogP contribution in [0.3, 0.4) is 0 Å². The van der Waals surface area contributed by atoms with E-state index < -0.39 is 0 Å². The Balaban J connectivity index is 1.11. The fraction of sp³-hybridized carbons (Fsp3) is 0.450. The molecule has 0 fully saturated rings. The molecule has 0 N–H and O–H groups in total. The van der Waals surface area contributed by atoms with Gasteiger partial charge in [0.2, 0.25) is 0 Å². The maximum atomic E-state index is 7.17. The Kier molecular flexibility index (Phi) is 27.0. The number of benzene rings is 8. The maximum absolute atomic E-state index is 7.17. The Morgan fingerprint density at radius 1 is 0.315 bits per heavy atom. The predicted octanol–water partition coefficient (Wildman–Crippen LogP) is 21.0. The van der Waals surface area contributed by atoms with Crippen LogP contribution in [0.1, 0.15) is 175 Å². The molecule has 0 unspecified atom stereocenters. The van der Waals surface area contributed by atoms with Crippen molar-refractivity contribution >= 4 is 53.4 Å². The van der Waals surface area contributed by atoms with E-state index in [0.29, 0.717) is 105 Å². The molecule has 0 spiro atoms. The van der Waals surface area contributed by atoms with Crippen LogP contribution in [0, 0.1) is 0 Å². The average molecular weight is 1380 g/mol. The van der Waals surface area contributed by atoms with Crippen molar-refractivity contribution in [3.05, 3.63) is 175 Å². The van der Waals surface area contributed by atoms with Crippen LogP contribution >= 0.6 is 31.9 Å². The molecule has 3 aliphatic rings. The largest absolute Gasteiger partial charge is 0.493 e. The highest BCUT2D eigenvalue weighted by molar-refractivity contribution is 9.10. The van der Waals surface area contributed by atoms with Gasteiger partial charge in [0.1, 0.15) is 72.4 Å². The molecule has 0 amide bonds. The fourth-order valence-electron chi connectivity index (χ4n) is 12.8. The van der Waals surface area contributed by atoms with E-state index in [4.69, 9.17) is 47.4 Å². The van der Waals surface area contributed by atoms with Crippen LogP contribution in [0.25, 0.3) is 32.7 Å². The van der Waals surface area contributed by atoms with Crippen LogP contribution in [0.2, 0.25) is 0 Å². The third-order valence-electron chi connectivity index (χ3n) is 17.3. The van der Waals surface area contributed by atoms with Crippen LogP contribution in [-0.4, -0.2) is 79.3 Å². The lowest BCUT2D eigenvalue weighted by Crippen LogP contribution is -2.13. The topological polar surface area (TPSA) is 92.3 Å². The third-order valence-corrected chi connectivity index (χ3v) is 18.3. The van der Waals surface area contributed by atoms with Gasteiger partial charge in [0.15, 0.2) is 0 Å². The summed E-state index contributed by atoms with van der Waals surface area (Å²) in [4.78, 5) is 0. The number of hydrogen-bond acceptors (Lipinski definition) is 10. The first-order chi connectivity index (χ1) is 45.3. The zero-order valence-electron chi connectivity index (χ0n) is 55.0. The minimum absolute atomic E-state index is 0.324. The van der Waals surface area contributed by atoms with Gasteiger partial charge in [0.05, 0.1) is 52.9 Å². The summed E-state index contributed by atoms with van der Waals surface area (Å²) in [6.07, 6.45) is 19.5. The first-order valence-corrected chi connectivity index (χ1v) is 36.1. The van der Waals surface area contributed by atoms with E-state index in [-0.39, 0.29) is 0 Å². The quantitative estimate of drug-likeness (QED) is 0.0430. The van der Waals surface area contributed by atoms with E-state index in [9.17, 15) is 0 Å². The molecule has 0 radical (unpaired) electrons. The minimum Gasteiger partial charge on any atom is -0.493 e. The zero-order chi connectivity index (χ0) is 63.7. The van der Waals surface area contributed by atoms with Crippen molar-refractivity contribution in [2.75, 3.05) is 79.3 Å². The number of halogens is 2. The van der Waals surface area contributed by atoms with Crippen molar-refractivity contribution in [1.82, 2.24) is 0 Å². The number of hydrogen-bond donors (Lipinski definition) is 0. The lowest BCUT2D eigenvalue weighted by atomic mass is 9.91. The van der Waals surface area contributed by atoms with E-state index in [1.807, 2.05) is 0 Å². The molecule has 0 saturated carbocycles. The second-order valence-electron chi connectivity index (χ2n) is 24.5. The highest BCUT2D eigenvalue weighted by Crippen LogP contribution is 2.47. The van der Waals surface area contributed by atoms with E-state index >= 15 is 0 Å². The average Bonchev–Trinajstić information content (AvgIpc) is 0.779. The standard InChI is InChI=1S/C80H96Br2O10/c1-5-9-13-21-33-89-77-59-45-63-53-69-55-65(79(63)91-35-23-15-11-7-3)47-61-51-68(82)52-62(78(61)90-34-22-14-10-6-2)48-66-56-70(54-64(46-60(77)50-67(81)49-59)80(66)92-36-24-16-12-8-4)86-42-38-84-40-44-88-74-32-30-58-26-18-20-28-72(58)76(74)75-71-27-19-17-25-57(71)29-31-73(75)87-43-39-83-37-41-85-69/h17-20,25-32,49-56H,5-16,21-24,33-48H2,1-4H3. The molecule has 2 heterocycles. The second kappa shape index (κ2) is 36.3. The van der Waals surface area contributed by atoms with Crippen LogP contribution in [-0.2, 0) is 35.2 Å². The molecular formula is C80H96Br2O10. The Morgan fingerprint density at radius 2 is 0.609 bits per heavy atom. The van der Waals surface area contributed by atoms with Crippen LogP contribution in [0.5, 0.6) is 46.0 Å². The number of fused-ring (bicyclic) bond motifs is 14. The minimum atomic E-state index is 0.324. The van der Waals surface area contributed by atoms with Crippen molar-refractivity contribution in [2.24, 2.45) is 0 Å². The maximum Gasteiger partial charge on any atom is 0.128 e. The predicted molar refractivity (Wildman–Crippen MR) is 381 cm³/mol. The van der Waals surface area contributed by atoms with Gasteiger partial charge in [-0.1, -0.05) is 197 Å². The summed E-state index contributed by atoms with van der Waals surface area (Å²) in [7, 11) is 0. The molecule has 11 rings (SSSR count). The molecule has 10 bridgehead atoms. The highest BCUT2D eigenvalue weighted by Gasteiger charge is 2.26. The first kappa shape index (κ1) is 68.4. The van der Waals surface area contributed by atoms with Crippen molar-refractivity contribution in [3.8, 4) is 57.1 Å². The highest BCUT2D eigenvalue weighted by atomic mass is 79.9. The van der Waals surface area contributed by atoms with Gasteiger partial charge in [-0.05, 0) is 108 Å². The fourth-order valence-corrected chi connectivity index (χ4v) is 13.9. The molecule has 1 aliphatic carbocycles. The van der Waals surface area contributed by atoms with E-state index in [2.05, 4.69) is 181 Å². The van der Waals surface area contributed by atoms with Crippen LogP contribution < -0.4 is 37.9 Å². The summed E-state index contributed by atoms with van der Waals surface area (Å²) in [5.74, 6) is 6.51. The van der Waals surface area contributed by atoms with Crippen LogP contribution in [0.4, 0.5) is 0 Å². The van der Waals surface area contributed by atoms with Crippen molar-refractivity contribution in [1.29, 1.82) is 0 Å². The normalized spacial score (nSPS) is 13.9. The Hall–Kier alpha value is -6.44. The third kappa shape index (κ3) is 18.9. The molecule has 8 aromatic carbocycles. The SMILES string of the molecule is CCCCCCOc1c2cc(Br)cc1Cc1cc3cc(c1OCCCCCC)Cc1cc(Br)cc(c1OCCCCCC)Cc1cc(cc(c1OCCCCCC)C2)OCCOCCOc1ccc2ccccc2c1-c1c(ccc2ccccc12)OCCOCCO3. The Labute approximate surface area is 564 Å². The number of unbranched alkanes of at least 4 members (excludes halogenated alkanes) is 12. The molecule has 92 heavy (non-hydrogen) atoms. The molecule has 2 aliphatic heterocycles. The molecule has 12 heteroatoms. The van der Waals surface area contributed by atoms with Gasteiger partial charge in [-0.2, -0.15) is 0 Å². The van der Waals surface area contributed by atoms with Gasteiger partial charge >= 0.3 is 0 Å². The van der Waals surface area contributed by atoms with Crippen LogP contribution in [0.15, 0.2) is 130 Å². The van der Waals surface area contributed by atoms with Gasteiger partial charge in [0, 0.05) is 90.3 Å². The van der Waals surface area contributed by atoms with Gasteiger partial charge in [0.25, 0.3) is 0 Å². The lowest BCUT2D eigenvalue weighted by Gasteiger charge is -2.24. The summed E-state index contributed by atoms with van der Waals surface area (Å²) < 4.78 is 70.6. The summed E-state index contributed by atoms with van der Waals surface area (Å²) >= 11 is 8.09. The van der Waals surface area contributed by atoms with Gasteiger partial charge < -0.3 is 47.4 Å². The van der Waals surface area contributed by atoms with Crippen molar-refractivity contribution in [2.45, 2.75) is 156 Å². The lowest BCUT2D eigenvalue weighted by molar-refractivity contribution is 0.0761. The number of ether oxygens (including phenoxy) is 10. The Bertz CT molecular complexity index is 3300. The zero-order valence-corrected chi connectivity index (χ0v) is 58.2. The second-order valence-corrected chi connectivity index (χ2v) is 26.4. The molecule has 0 aromatic heterocycles. The molecule has 0 atom stereocenters. The Morgan fingerprint density at radius 3 is 0.924 bits per heavy atom. The molecule has 0 saturated heterocycles. The summed E-state index contributed by atoms with van der Waals surface area (Å²) in [6, 6.07) is 43.0. The molecule has 490 valence electrons. The summed E-state index contributed by atoms with van der Waals surface area (Å²) in [5, 5.41) is 4.36. The van der Waals surface area contributed by atoms with Crippen molar-refractivity contribution < 1.29 is 47.4 Å². The van der Waals surface area contributed by atoms with E-state index in [1.54, 1.807) is 0 Å². The smallest absolute Gasteiger partial charge is 0.128 e. The first-order valence-electron chi connectivity index (χ1n) is 34.5. The molecular weight excluding hydrogens is 1280 g/mol. The summed E-state index contributed by atoms with van der Waals surface area (Å²) in [6.45, 7) is 14.1.